The Hall–Kier alpha value is -0.730. The number of nitrogens with one attached hydrogen (secondary N) is 1. The van der Waals surface area contributed by atoms with Crippen molar-refractivity contribution in [2.75, 3.05) is 6.54 Å². The Balaban J connectivity index is 1.42. The minimum Gasteiger partial charge on any atom is -0.356 e. The minimum atomic E-state index is 0.192. The lowest BCUT2D eigenvalue weighted by Gasteiger charge is -2.20. The fourth-order valence-electron chi connectivity index (χ4n) is 4.00. The molecule has 2 saturated carbocycles. The maximum absolute atomic E-state index is 12.0. The van der Waals surface area contributed by atoms with Gasteiger partial charge in [-0.2, -0.15) is 0 Å². The number of fused-ring (bicyclic) bond motifs is 2. The number of benzene rings is 1. The largest absolute Gasteiger partial charge is 0.356 e. The molecule has 2 fully saturated rings. The van der Waals surface area contributed by atoms with Crippen LogP contribution in [0.15, 0.2) is 18.2 Å². The summed E-state index contributed by atoms with van der Waals surface area (Å²) < 4.78 is 0. The topological polar surface area (TPSA) is 29.1 Å². The molecular weight excluding hydrogens is 305 g/mol. The molecule has 1 aromatic rings. The molecule has 2 aliphatic carbocycles. The third kappa shape index (κ3) is 3.73. The van der Waals surface area contributed by atoms with Crippen LogP contribution in [0.5, 0.6) is 0 Å². The van der Waals surface area contributed by atoms with Gasteiger partial charge in [-0.25, -0.2) is 0 Å². The molecule has 21 heavy (non-hydrogen) atoms. The molecule has 0 spiro atoms. The zero-order valence-electron chi connectivity index (χ0n) is 12.1. The Bertz CT molecular complexity index is 532. The number of rotatable bonds is 5. The summed E-state index contributed by atoms with van der Waals surface area (Å²) in [5.74, 6) is 2.53. The first-order valence-electron chi connectivity index (χ1n) is 7.82. The summed E-state index contributed by atoms with van der Waals surface area (Å²) in [4.78, 5) is 12.0. The van der Waals surface area contributed by atoms with Crippen molar-refractivity contribution in [2.45, 2.75) is 38.5 Å². The van der Waals surface area contributed by atoms with E-state index in [1.165, 1.54) is 25.7 Å². The molecule has 3 rings (SSSR count). The van der Waals surface area contributed by atoms with Crippen molar-refractivity contribution in [3.63, 3.8) is 0 Å². The van der Waals surface area contributed by atoms with E-state index in [1.54, 1.807) is 6.07 Å². The van der Waals surface area contributed by atoms with Crippen molar-refractivity contribution in [1.29, 1.82) is 0 Å². The Labute approximate surface area is 136 Å². The van der Waals surface area contributed by atoms with Gasteiger partial charge in [-0.05, 0) is 61.1 Å². The van der Waals surface area contributed by atoms with Gasteiger partial charge >= 0.3 is 0 Å². The molecule has 0 unspecified atom stereocenters. The van der Waals surface area contributed by atoms with Gasteiger partial charge in [0.05, 0.1) is 0 Å². The van der Waals surface area contributed by atoms with Crippen LogP contribution in [0.3, 0.4) is 0 Å². The molecule has 3 atom stereocenters. The van der Waals surface area contributed by atoms with E-state index in [1.807, 2.05) is 12.1 Å². The minimum absolute atomic E-state index is 0.192. The fraction of sp³-hybridized carbons (Fsp3) is 0.588. The van der Waals surface area contributed by atoms with Crippen molar-refractivity contribution in [2.24, 2.45) is 17.8 Å². The predicted octanol–water partition coefficient (Wildman–Crippen LogP) is 4.48. The number of carbonyl (C=O) groups excluding carboxylic acids is 1. The molecule has 2 bridgehead atoms. The van der Waals surface area contributed by atoms with Gasteiger partial charge < -0.3 is 5.32 Å². The van der Waals surface area contributed by atoms with Crippen LogP contribution in [-0.2, 0) is 11.2 Å². The van der Waals surface area contributed by atoms with Crippen LogP contribution < -0.4 is 5.32 Å². The molecule has 1 N–H and O–H groups in total. The highest BCUT2D eigenvalue weighted by atomic mass is 35.5. The van der Waals surface area contributed by atoms with Crippen molar-refractivity contribution >= 4 is 29.1 Å². The monoisotopic (exact) mass is 325 g/mol. The Kier molecular flexibility index (Phi) is 4.75. The highest BCUT2D eigenvalue weighted by molar-refractivity contribution is 6.35. The van der Waals surface area contributed by atoms with Gasteiger partial charge in [-0.15, -0.1) is 0 Å². The smallest absolute Gasteiger partial charge is 0.220 e. The molecule has 0 saturated heterocycles. The number of hydrogen-bond donors (Lipinski definition) is 1. The van der Waals surface area contributed by atoms with Crippen molar-refractivity contribution < 1.29 is 4.79 Å². The van der Waals surface area contributed by atoms with E-state index < -0.39 is 0 Å². The van der Waals surface area contributed by atoms with Crippen LogP contribution in [0.2, 0.25) is 10.0 Å². The Morgan fingerprint density at radius 2 is 2.10 bits per heavy atom. The average Bonchev–Trinajstić information content (AvgIpc) is 3.03. The van der Waals surface area contributed by atoms with E-state index in [0.29, 0.717) is 28.9 Å². The SMILES string of the molecule is O=C(C[C@@H]1C[C@H]2CC[C@@H]1C2)NCCc1ccc(Cl)cc1Cl. The highest BCUT2D eigenvalue weighted by Crippen LogP contribution is 2.49. The summed E-state index contributed by atoms with van der Waals surface area (Å²) in [6, 6.07) is 5.50. The van der Waals surface area contributed by atoms with Gasteiger partial charge in [0.1, 0.15) is 0 Å². The zero-order chi connectivity index (χ0) is 14.8. The van der Waals surface area contributed by atoms with Gasteiger partial charge in [0.25, 0.3) is 0 Å². The van der Waals surface area contributed by atoms with E-state index in [-0.39, 0.29) is 5.91 Å². The standard InChI is InChI=1S/C17H21Cl2NO/c18-15-4-3-12(16(19)10-15)5-6-20-17(21)9-14-8-11-1-2-13(14)7-11/h3-4,10-11,13-14H,1-2,5-9H2,(H,20,21)/t11-,13+,14-/m0/s1. The molecule has 0 aromatic heterocycles. The Morgan fingerprint density at radius 3 is 2.76 bits per heavy atom. The lowest BCUT2D eigenvalue weighted by atomic mass is 9.86. The normalized spacial score (nSPS) is 27.0. The van der Waals surface area contributed by atoms with E-state index >= 15 is 0 Å². The molecule has 0 heterocycles. The number of halogens is 2. The second-order valence-corrected chi connectivity index (χ2v) is 7.32. The summed E-state index contributed by atoms with van der Waals surface area (Å²) >= 11 is 12.0. The maximum atomic E-state index is 12.0. The summed E-state index contributed by atoms with van der Waals surface area (Å²) in [5.41, 5.74) is 1.03. The Morgan fingerprint density at radius 1 is 1.24 bits per heavy atom. The zero-order valence-corrected chi connectivity index (χ0v) is 13.6. The molecule has 1 aromatic carbocycles. The van der Waals surface area contributed by atoms with Crippen LogP contribution >= 0.6 is 23.2 Å². The quantitative estimate of drug-likeness (QED) is 0.849. The van der Waals surface area contributed by atoms with E-state index in [2.05, 4.69) is 5.32 Å². The van der Waals surface area contributed by atoms with Gasteiger partial charge in [-0.3, -0.25) is 4.79 Å². The van der Waals surface area contributed by atoms with E-state index in [0.717, 1.165) is 23.8 Å². The number of amides is 1. The summed E-state index contributed by atoms with van der Waals surface area (Å²) in [5, 5.41) is 4.34. The molecular formula is C17H21Cl2NO. The van der Waals surface area contributed by atoms with Crippen molar-refractivity contribution in [3.05, 3.63) is 33.8 Å². The second-order valence-electron chi connectivity index (χ2n) is 6.47. The fourth-order valence-corrected chi connectivity index (χ4v) is 4.50. The number of carbonyl (C=O) groups is 1. The molecule has 0 aliphatic heterocycles. The van der Waals surface area contributed by atoms with Gasteiger partial charge in [0, 0.05) is 23.0 Å². The van der Waals surface area contributed by atoms with Gasteiger partial charge in [0.15, 0.2) is 0 Å². The van der Waals surface area contributed by atoms with Crippen molar-refractivity contribution in [3.8, 4) is 0 Å². The molecule has 1 amide bonds. The second kappa shape index (κ2) is 6.58. The molecule has 4 heteroatoms. The van der Waals surface area contributed by atoms with Gasteiger partial charge in [0.2, 0.25) is 5.91 Å². The van der Waals surface area contributed by atoms with Crippen LogP contribution in [0.25, 0.3) is 0 Å². The highest BCUT2D eigenvalue weighted by Gasteiger charge is 2.39. The van der Waals surface area contributed by atoms with Crippen LogP contribution in [0, 0.1) is 17.8 Å². The first-order valence-corrected chi connectivity index (χ1v) is 8.58. The lowest BCUT2D eigenvalue weighted by molar-refractivity contribution is -0.122. The van der Waals surface area contributed by atoms with Crippen LogP contribution in [0.1, 0.15) is 37.7 Å². The summed E-state index contributed by atoms with van der Waals surface area (Å²) in [6.07, 6.45) is 6.80. The summed E-state index contributed by atoms with van der Waals surface area (Å²) in [6.45, 7) is 0.640. The van der Waals surface area contributed by atoms with Crippen LogP contribution in [-0.4, -0.2) is 12.5 Å². The third-order valence-corrected chi connectivity index (χ3v) is 5.65. The van der Waals surface area contributed by atoms with E-state index in [4.69, 9.17) is 23.2 Å². The third-order valence-electron chi connectivity index (χ3n) is 5.06. The van der Waals surface area contributed by atoms with Crippen LogP contribution in [0.4, 0.5) is 0 Å². The average molecular weight is 326 g/mol. The van der Waals surface area contributed by atoms with Crippen molar-refractivity contribution in [1.82, 2.24) is 5.32 Å². The molecule has 2 aliphatic rings. The van der Waals surface area contributed by atoms with Gasteiger partial charge in [-0.1, -0.05) is 35.7 Å². The predicted molar refractivity (Wildman–Crippen MR) is 86.7 cm³/mol. The summed E-state index contributed by atoms with van der Waals surface area (Å²) in [7, 11) is 0. The maximum Gasteiger partial charge on any atom is 0.220 e. The molecule has 2 nitrogen and oxygen atoms in total. The molecule has 114 valence electrons. The molecule has 0 radical (unpaired) electrons. The first kappa shape index (κ1) is 15.2. The lowest BCUT2D eigenvalue weighted by Crippen LogP contribution is -2.29. The first-order chi connectivity index (χ1) is 10.1. The van der Waals surface area contributed by atoms with E-state index in [9.17, 15) is 4.79 Å². The number of hydrogen-bond acceptors (Lipinski definition) is 1.